The number of hydrogen-bond acceptors (Lipinski definition) is 4. The van der Waals surface area contributed by atoms with Crippen molar-refractivity contribution in [2.24, 2.45) is 5.92 Å². The van der Waals surface area contributed by atoms with Crippen LogP contribution in [0.1, 0.15) is 19.3 Å². The van der Waals surface area contributed by atoms with Crippen molar-refractivity contribution in [3.05, 3.63) is 0 Å². The van der Waals surface area contributed by atoms with Crippen LogP contribution in [0.25, 0.3) is 0 Å². The monoisotopic (exact) mass is 244 g/mol. The predicted octanol–water partition coefficient (Wildman–Crippen LogP) is 0.810. The first kappa shape index (κ1) is 12.3. The largest absolute Gasteiger partial charge is 0.465 e. The van der Waals surface area contributed by atoms with Gasteiger partial charge in [0.15, 0.2) is 0 Å². The first-order valence-electron chi connectivity index (χ1n) is 4.27. The zero-order chi connectivity index (χ0) is 11.7. The molecule has 0 heterocycles. The normalized spacial score (nSPS) is 18.3. The fourth-order valence-electron chi connectivity index (χ4n) is 1.04. The Morgan fingerprint density at radius 2 is 2.00 bits per heavy atom. The van der Waals surface area contributed by atoms with Gasteiger partial charge in [0.1, 0.15) is 0 Å². The maximum Gasteiger partial charge on any atom is 0.465 e. The lowest BCUT2D eigenvalue weighted by atomic mass is 9.86. The maximum absolute atomic E-state index is 12.6. The van der Waals surface area contributed by atoms with Crippen molar-refractivity contribution in [3.8, 4) is 0 Å². The van der Waals surface area contributed by atoms with E-state index in [1.807, 2.05) is 0 Å². The van der Waals surface area contributed by atoms with E-state index in [0.717, 1.165) is 19.3 Å². The predicted molar refractivity (Wildman–Crippen MR) is 44.8 cm³/mol. The van der Waals surface area contributed by atoms with E-state index < -0.39 is 21.3 Å². The molecule has 1 N–H and O–H groups in total. The summed E-state index contributed by atoms with van der Waals surface area (Å²) in [6.07, 6.45) is 2.48. The second-order valence-corrected chi connectivity index (χ2v) is 4.85. The fourth-order valence-corrected chi connectivity index (χ4v) is 1.31. The molecule has 1 saturated carbocycles. The molecule has 0 amide bonds. The van der Waals surface area contributed by atoms with Gasteiger partial charge in [-0.05, 0) is 18.8 Å². The zero-order valence-electron chi connectivity index (χ0n) is 7.65. The van der Waals surface area contributed by atoms with E-state index in [4.69, 9.17) is 4.55 Å². The van der Waals surface area contributed by atoms with E-state index in [0.29, 0.717) is 0 Å². The molecule has 0 bridgehead atoms. The summed E-state index contributed by atoms with van der Waals surface area (Å²) in [4.78, 5) is 10.6. The summed E-state index contributed by atoms with van der Waals surface area (Å²) in [5, 5.41) is -4.88. The number of carbonyl (C=O) groups is 1. The minimum Gasteiger partial charge on any atom is -0.460 e. The molecule has 0 aromatic heterocycles. The van der Waals surface area contributed by atoms with E-state index in [-0.39, 0.29) is 12.5 Å². The quantitative estimate of drug-likeness (QED) is 0.584. The number of carbonyl (C=O) groups excluding carboxylic acids is 1. The lowest BCUT2D eigenvalue weighted by Gasteiger charge is -2.25. The molecule has 0 aliphatic heterocycles. The topological polar surface area (TPSA) is 80.7 Å². The van der Waals surface area contributed by atoms with Gasteiger partial charge in [-0.25, -0.2) is 4.79 Å². The number of halogens is 2. The summed E-state index contributed by atoms with van der Waals surface area (Å²) in [5.74, 6) is -2.21. The Morgan fingerprint density at radius 3 is 2.33 bits per heavy atom. The van der Waals surface area contributed by atoms with E-state index in [1.165, 1.54) is 0 Å². The summed E-state index contributed by atoms with van der Waals surface area (Å²) in [7, 11) is -5.75. The summed E-state index contributed by atoms with van der Waals surface area (Å²) in [6.45, 7) is -0.232. The van der Waals surface area contributed by atoms with Crippen molar-refractivity contribution in [1.29, 1.82) is 0 Å². The van der Waals surface area contributed by atoms with Gasteiger partial charge in [-0.3, -0.25) is 4.55 Å². The van der Waals surface area contributed by atoms with Crippen LogP contribution in [0.15, 0.2) is 0 Å². The van der Waals surface area contributed by atoms with E-state index in [2.05, 4.69) is 4.74 Å². The lowest BCUT2D eigenvalue weighted by Crippen LogP contribution is -2.40. The molecular weight excluding hydrogens is 234 g/mol. The molecule has 0 spiro atoms. The van der Waals surface area contributed by atoms with E-state index in [1.54, 1.807) is 0 Å². The molecule has 0 saturated heterocycles. The molecule has 1 rings (SSSR count). The minimum absolute atomic E-state index is 0.0196. The molecule has 1 fully saturated rings. The maximum atomic E-state index is 12.6. The molecule has 15 heavy (non-hydrogen) atoms. The SMILES string of the molecule is O=C(OCC1CCC1)C(F)(F)S(=O)(=O)O. The molecule has 88 valence electrons. The van der Waals surface area contributed by atoms with Crippen LogP contribution in [0.3, 0.4) is 0 Å². The van der Waals surface area contributed by atoms with Gasteiger partial charge in [-0.15, -0.1) is 0 Å². The third-order valence-electron chi connectivity index (χ3n) is 2.24. The minimum atomic E-state index is -5.75. The highest BCUT2D eigenvalue weighted by Crippen LogP contribution is 2.28. The molecule has 1 aliphatic carbocycles. The third-order valence-corrected chi connectivity index (χ3v) is 3.05. The Morgan fingerprint density at radius 1 is 1.47 bits per heavy atom. The van der Waals surface area contributed by atoms with Crippen molar-refractivity contribution < 1.29 is 31.3 Å². The van der Waals surface area contributed by atoms with Gasteiger partial charge in [-0.1, -0.05) is 6.42 Å². The smallest absolute Gasteiger partial charge is 0.460 e. The molecule has 0 unspecified atom stereocenters. The molecular formula is C7H10F2O5S. The van der Waals surface area contributed by atoms with Crippen LogP contribution >= 0.6 is 0 Å². The van der Waals surface area contributed by atoms with Crippen molar-refractivity contribution in [2.45, 2.75) is 24.5 Å². The molecule has 0 aromatic rings. The summed E-state index contributed by atoms with van der Waals surface area (Å²) in [6, 6.07) is 0. The molecule has 1 aliphatic rings. The van der Waals surface area contributed by atoms with Crippen molar-refractivity contribution >= 4 is 16.1 Å². The fraction of sp³-hybridized carbons (Fsp3) is 0.857. The lowest BCUT2D eigenvalue weighted by molar-refractivity contribution is -0.163. The molecule has 0 radical (unpaired) electrons. The summed E-state index contributed by atoms with van der Waals surface area (Å²) >= 11 is 0. The average Bonchev–Trinajstić information content (AvgIpc) is 1.98. The first-order valence-corrected chi connectivity index (χ1v) is 5.71. The molecule has 0 atom stereocenters. The van der Waals surface area contributed by atoms with Crippen molar-refractivity contribution in [3.63, 3.8) is 0 Å². The highest BCUT2D eigenvalue weighted by molar-refractivity contribution is 7.87. The van der Waals surface area contributed by atoms with Gasteiger partial charge < -0.3 is 4.74 Å². The van der Waals surface area contributed by atoms with Gasteiger partial charge in [0.05, 0.1) is 6.61 Å². The van der Waals surface area contributed by atoms with Gasteiger partial charge >= 0.3 is 21.3 Å². The van der Waals surface area contributed by atoms with Crippen LogP contribution in [0, 0.1) is 5.92 Å². The van der Waals surface area contributed by atoms with Crippen molar-refractivity contribution in [1.82, 2.24) is 0 Å². The van der Waals surface area contributed by atoms with E-state index in [9.17, 15) is 22.0 Å². The third kappa shape index (κ3) is 2.63. The summed E-state index contributed by atoms with van der Waals surface area (Å²) in [5.41, 5.74) is 0. The first-order chi connectivity index (χ1) is 6.75. The summed E-state index contributed by atoms with van der Waals surface area (Å²) < 4.78 is 57.6. The van der Waals surface area contributed by atoms with E-state index >= 15 is 0 Å². The van der Waals surface area contributed by atoms with Crippen LogP contribution in [-0.4, -0.2) is 30.8 Å². The highest BCUT2D eigenvalue weighted by atomic mass is 32.2. The number of hydrogen-bond donors (Lipinski definition) is 1. The highest BCUT2D eigenvalue weighted by Gasteiger charge is 2.54. The van der Waals surface area contributed by atoms with Crippen LogP contribution in [0.5, 0.6) is 0 Å². The Kier molecular flexibility index (Phi) is 3.29. The zero-order valence-corrected chi connectivity index (χ0v) is 8.47. The van der Waals surface area contributed by atoms with Crippen LogP contribution in [0.2, 0.25) is 0 Å². The second kappa shape index (κ2) is 4.01. The number of esters is 1. The average molecular weight is 244 g/mol. The Labute approximate surface area is 85.2 Å². The Hall–Kier alpha value is -0.760. The Bertz CT molecular complexity index is 346. The van der Waals surface area contributed by atoms with Crippen LogP contribution in [-0.2, 0) is 19.6 Å². The number of alkyl halides is 2. The van der Waals surface area contributed by atoms with Crippen LogP contribution < -0.4 is 0 Å². The number of rotatable bonds is 4. The van der Waals surface area contributed by atoms with Gasteiger partial charge in [-0.2, -0.15) is 17.2 Å². The molecule has 0 aromatic carbocycles. The van der Waals surface area contributed by atoms with Crippen LogP contribution in [0.4, 0.5) is 8.78 Å². The van der Waals surface area contributed by atoms with Gasteiger partial charge in [0.25, 0.3) is 0 Å². The van der Waals surface area contributed by atoms with Crippen molar-refractivity contribution in [2.75, 3.05) is 6.61 Å². The molecule has 8 heteroatoms. The standard InChI is InChI=1S/C7H10F2O5S/c8-7(9,15(11,12)13)6(10)14-4-5-2-1-3-5/h5H,1-4H2,(H,11,12,13). The van der Waals surface area contributed by atoms with Gasteiger partial charge in [0, 0.05) is 0 Å². The molecule has 5 nitrogen and oxygen atoms in total. The Balaban J connectivity index is 2.51. The van der Waals surface area contributed by atoms with Gasteiger partial charge in [0.2, 0.25) is 0 Å². The second-order valence-electron chi connectivity index (χ2n) is 3.39. The number of ether oxygens (including phenoxy) is 1.